The van der Waals surface area contributed by atoms with Gasteiger partial charge in [-0.25, -0.2) is 0 Å². The Morgan fingerprint density at radius 1 is 1.04 bits per heavy atom. The summed E-state index contributed by atoms with van der Waals surface area (Å²) in [6, 6.07) is 6.14. The van der Waals surface area contributed by atoms with Gasteiger partial charge < -0.3 is 10.6 Å². The zero-order chi connectivity index (χ0) is 17.5. The average molecular weight is 325 g/mol. The van der Waals surface area contributed by atoms with Crippen LogP contribution in [0.1, 0.15) is 53.2 Å². The third kappa shape index (κ3) is 4.82. The van der Waals surface area contributed by atoms with Crippen molar-refractivity contribution in [3.05, 3.63) is 52.8 Å². The van der Waals surface area contributed by atoms with Crippen molar-refractivity contribution in [1.82, 2.24) is 10.3 Å². The van der Waals surface area contributed by atoms with E-state index < -0.39 is 0 Å². The summed E-state index contributed by atoms with van der Waals surface area (Å²) in [6.45, 7) is 9.12. The molecule has 0 aliphatic rings. The monoisotopic (exact) mass is 325 g/mol. The molecule has 1 aromatic heterocycles. The first-order chi connectivity index (χ1) is 11.5. The molecule has 0 aliphatic heterocycles. The van der Waals surface area contributed by atoms with Gasteiger partial charge in [-0.05, 0) is 44.4 Å². The normalized spacial score (nSPS) is 10.5. The molecular weight excluding hydrogens is 298 g/mol. The molecular formula is C20H27N3O. The lowest BCUT2D eigenvalue weighted by Gasteiger charge is -2.14. The third-order valence-corrected chi connectivity index (χ3v) is 4.01. The number of carbonyl (C=O) groups is 1. The predicted molar refractivity (Wildman–Crippen MR) is 100 cm³/mol. The second kappa shape index (κ2) is 8.48. The molecule has 4 nitrogen and oxygen atoms in total. The molecule has 24 heavy (non-hydrogen) atoms. The fourth-order valence-corrected chi connectivity index (χ4v) is 2.83. The van der Waals surface area contributed by atoms with E-state index in [9.17, 15) is 4.79 Å². The van der Waals surface area contributed by atoms with Crippen molar-refractivity contribution in [3.63, 3.8) is 0 Å². The van der Waals surface area contributed by atoms with Crippen LogP contribution in [-0.4, -0.2) is 17.4 Å². The van der Waals surface area contributed by atoms with Crippen molar-refractivity contribution >= 4 is 17.3 Å². The quantitative estimate of drug-likeness (QED) is 0.727. The van der Waals surface area contributed by atoms with Gasteiger partial charge in [0.25, 0.3) is 5.91 Å². The molecule has 0 radical (unpaired) electrons. The van der Waals surface area contributed by atoms with Gasteiger partial charge in [-0.2, -0.15) is 0 Å². The van der Waals surface area contributed by atoms with E-state index in [1.54, 1.807) is 12.4 Å². The van der Waals surface area contributed by atoms with Gasteiger partial charge in [0.1, 0.15) is 0 Å². The second-order valence-corrected chi connectivity index (χ2v) is 6.32. The lowest BCUT2D eigenvalue weighted by molar-refractivity contribution is 0.0952. The van der Waals surface area contributed by atoms with Crippen LogP contribution >= 0.6 is 0 Å². The number of nitrogens with one attached hydrogen (secondary N) is 2. The van der Waals surface area contributed by atoms with Crippen LogP contribution in [0.5, 0.6) is 0 Å². The van der Waals surface area contributed by atoms with Crippen LogP contribution in [0.15, 0.2) is 30.6 Å². The number of nitrogens with zero attached hydrogens (tertiary/aromatic N) is 1. The molecule has 1 amide bonds. The highest BCUT2D eigenvalue weighted by Crippen LogP contribution is 2.25. The molecule has 1 aromatic carbocycles. The highest BCUT2D eigenvalue weighted by Gasteiger charge is 2.09. The second-order valence-electron chi connectivity index (χ2n) is 6.32. The Hall–Kier alpha value is -2.36. The first kappa shape index (κ1) is 18.0. The molecule has 2 rings (SSSR count). The molecule has 0 fully saturated rings. The van der Waals surface area contributed by atoms with Gasteiger partial charge >= 0.3 is 0 Å². The van der Waals surface area contributed by atoms with E-state index in [-0.39, 0.29) is 5.91 Å². The van der Waals surface area contributed by atoms with E-state index in [0.29, 0.717) is 12.1 Å². The molecule has 128 valence electrons. The Balaban J connectivity index is 2.09. The van der Waals surface area contributed by atoms with Crippen LogP contribution in [-0.2, 0) is 0 Å². The minimum absolute atomic E-state index is 0.0698. The van der Waals surface area contributed by atoms with Crippen molar-refractivity contribution in [2.24, 2.45) is 0 Å². The SMILES string of the molecule is CCCCCNC(=O)c1cncc(Nc2c(C)cc(C)cc2C)c1. The Kier molecular flexibility index (Phi) is 6.36. The molecule has 0 atom stereocenters. The zero-order valence-electron chi connectivity index (χ0n) is 15.1. The summed E-state index contributed by atoms with van der Waals surface area (Å²) in [5.41, 5.74) is 6.09. The van der Waals surface area contributed by atoms with Crippen LogP contribution in [0.2, 0.25) is 0 Å². The number of amides is 1. The van der Waals surface area contributed by atoms with E-state index in [4.69, 9.17) is 0 Å². The number of hydrogen-bond acceptors (Lipinski definition) is 3. The number of carbonyl (C=O) groups excluding carboxylic acids is 1. The van der Waals surface area contributed by atoms with Gasteiger partial charge in [-0.3, -0.25) is 9.78 Å². The van der Waals surface area contributed by atoms with E-state index in [1.165, 1.54) is 16.7 Å². The fourth-order valence-electron chi connectivity index (χ4n) is 2.83. The number of benzene rings is 1. The zero-order valence-corrected chi connectivity index (χ0v) is 15.1. The Labute approximate surface area is 144 Å². The molecule has 0 saturated carbocycles. The fraction of sp³-hybridized carbons (Fsp3) is 0.400. The Morgan fingerprint density at radius 3 is 2.42 bits per heavy atom. The number of unbranched alkanes of at least 4 members (excludes halogenated alkanes) is 2. The number of aryl methyl sites for hydroxylation is 3. The Morgan fingerprint density at radius 2 is 1.75 bits per heavy atom. The van der Waals surface area contributed by atoms with Crippen LogP contribution in [0.3, 0.4) is 0 Å². The third-order valence-electron chi connectivity index (χ3n) is 4.01. The minimum atomic E-state index is -0.0698. The van der Waals surface area contributed by atoms with E-state index in [0.717, 1.165) is 30.6 Å². The average Bonchev–Trinajstić information content (AvgIpc) is 2.55. The molecule has 0 bridgehead atoms. The molecule has 0 unspecified atom stereocenters. The van der Waals surface area contributed by atoms with Gasteiger partial charge in [0, 0.05) is 18.4 Å². The van der Waals surface area contributed by atoms with Crippen LogP contribution in [0.25, 0.3) is 0 Å². The van der Waals surface area contributed by atoms with Gasteiger partial charge in [0.05, 0.1) is 17.4 Å². The van der Waals surface area contributed by atoms with Crippen molar-refractivity contribution in [3.8, 4) is 0 Å². The number of aromatic nitrogens is 1. The van der Waals surface area contributed by atoms with Gasteiger partial charge in [-0.1, -0.05) is 37.5 Å². The lowest BCUT2D eigenvalue weighted by Crippen LogP contribution is -2.24. The summed E-state index contributed by atoms with van der Waals surface area (Å²) in [6.07, 6.45) is 6.63. The summed E-state index contributed by atoms with van der Waals surface area (Å²) in [5, 5.41) is 6.35. The minimum Gasteiger partial charge on any atom is -0.354 e. The van der Waals surface area contributed by atoms with Gasteiger partial charge in [-0.15, -0.1) is 0 Å². The number of anilines is 2. The van der Waals surface area contributed by atoms with Crippen molar-refractivity contribution in [1.29, 1.82) is 0 Å². The standard InChI is InChI=1S/C20H27N3O/c1-5-6-7-8-22-20(24)17-11-18(13-21-12-17)23-19-15(3)9-14(2)10-16(19)4/h9-13,23H,5-8H2,1-4H3,(H,22,24). The summed E-state index contributed by atoms with van der Waals surface area (Å²) in [4.78, 5) is 16.4. The number of pyridine rings is 1. The van der Waals surface area contributed by atoms with Crippen LogP contribution in [0, 0.1) is 20.8 Å². The summed E-state index contributed by atoms with van der Waals surface area (Å²) < 4.78 is 0. The maximum atomic E-state index is 12.2. The first-order valence-electron chi connectivity index (χ1n) is 8.59. The highest BCUT2D eigenvalue weighted by atomic mass is 16.1. The molecule has 1 heterocycles. The summed E-state index contributed by atoms with van der Waals surface area (Å²) in [7, 11) is 0. The van der Waals surface area contributed by atoms with Crippen molar-refractivity contribution in [2.75, 3.05) is 11.9 Å². The largest absolute Gasteiger partial charge is 0.354 e. The molecule has 4 heteroatoms. The maximum absolute atomic E-state index is 12.2. The molecule has 0 aliphatic carbocycles. The number of rotatable bonds is 7. The van der Waals surface area contributed by atoms with Crippen molar-refractivity contribution < 1.29 is 4.79 Å². The van der Waals surface area contributed by atoms with Gasteiger partial charge in [0.15, 0.2) is 0 Å². The van der Waals surface area contributed by atoms with Crippen LogP contribution < -0.4 is 10.6 Å². The van der Waals surface area contributed by atoms with Crippen molar-refractivity contribution in [2.45, 2.75) is 47.0 Å². The van der Waals surface area contributed by atoms with Gasteiger partial charge in [0.2, 0.25) is 0 Å². The smallest absolute Gasteiger partial charge is 0.252 e. The Bertz CT molecular complexity index is 687. The summed E-state index contributed by atoms with van der Waals surface area (Å²) >= 11 is 0. The summed E-state index contributed by atoms with van der Waals surface area (Å²) in [5.74, 6) is -0.0698. The van der Waals surface area contributed by atoms with E-state index in [1.807, 2.05) is 6.07 Å². The first-order valence-corrected chi connectivity index (χ1v) is 8.59. The number of hydrogen-bond donors (Lipinski definition) is 2. The van der Waals surface area contributed by atoms with E-state index >= 15 is 0 Å². The molecule has 0 saturated heterocycles. The van der Waals surface area contributed by atoms with Crippen LogP contribution in [0.4, 0.5) is 11.4 Å². The topological polar surface area (TPSA) is 54.0 Å². The highest BCUT2D eigenvalue weighted by molar-refractivity contribution is 5.94. The maximum Gasteiger partial charge on any atom is 0.252 e. The lowest BCUT2D eigenvalue weighted by atomic mass is 10.0. The molecule has 2 aromatic rings. The van der Waals surface area contributed by atoms with E-state index in [2.05, 4.69) is 55.4 Å². The molecule has 2 N–H and O–H groups in total. The molecule has 0 spiro atoms. The predicted octanol–water partition coefficient (Wildman–Crippen LogP) is 4.67.